The fraction of sp³-hybridized carbons (Fsp3) is 0.667. The lowest BCUT2D eigenvalue weighted by atomic mass is 10.1. The van der Waals surface area contributed by atoms with Gasteiger partial charge in [-0.15, -0.1) is 10.2 Å². The summed E-state index contributed by atoms with van der Waals surface area (Å²) < 4.78 is 4.82. The smallest absolute Gasteiger partial charge is 0.369 e. The summed E-state index contributed by atoms with van der Waals surface area (Å²) in [5, 5.41) is 8.95. The van der Waals surface area contributed by atoms with Crippen molar-refractivity contribution in [1.29, 1.82) is 0 Å². The van der Waals surface area contributed by atoms with Gasteiger partial charge >= 0.3 is 5.97 Å². The fourth-order valence-corrected chi connectivity index (χ4v) is 1.91. The molecular weight excluding hydrogens is 200 g/mol. The molecule has 0 amide bonds. The van der Waals surface area contributed by atoms with Crippen LogP contribution < -0.4 is 0 Å². The second-order valence-corrected chi connectivity index (χ2v) is 4.38. The van der Waals surface area contributed by atoms with Gasteiger partial charge in [0.2, 0.25) is 5.01 Å². The van der Waals surface area contributed by atoms with Crippen molar-refractivity contribution < 1.29 is 9.53 Å². The summed E-state index contributed by atoms with van der Waals surface area (Å²) in [6.45, 7) is 6.35. The number of rotatable bonds is 4. The first-order valence-electron chi connectivity index (χ1n) is 4.63. The van der Waals surface area contributed by atoms with Crippen molar-refractivity contribution in [2.24, 2.45) is 5.92 Å². The highest BCUT2D eigenvalue weighted by atomic mass is 32.1. The first-order valence-corrected chi connectivity index (χ1v) is 5.44. The molecule has 1 aromatic heterocycles. The molecule has 1 aromatic rings. The van der Waals surface area contributed by atoms with Crippen molar-refractivity contribution in [3.8, 4) is 0 Å². The van der Waals surface area contributed by atoms with Crippen molar-refractivity contribution in [2.75, 3.05) is 6.61 Å². The summed E-state index contributed by atoms with van der Waals surface area (Å²) in [5.41, 5.74) is 0. The van der Waals surface area contributed by atoms with Crippen LogP contribution in [0.3, 0.4) is 0 Å². The lowest BCUT2D eigenvalue weighted by molar-refractivity contribution is 0.0525. The Hall–Kier alpha value is -0.970. The summed E-state index contributed by atoms with van der Waals surface area (Å²) in [5.74, 6) is 0.151. The van der Waals surface area contributed by atoms with Crippen LogP contribution in [0.2, 0.25) is 0 Å². The zero-order chi connectivity index (χ0) is 10.6. The van der Waals surface area contributed by atoms with Gasteiger partial charge in [0.05, 0.1) is 6.61 Å². The monoisotopic (exact) mass is 214 g/mol. The van der Waals surface area contributed by atoms with E-state index in [1.807, 2.05) is 0 Å². The van der Waals surface area contributed by atoms with Crippen LogP contribution in [0.5, 0.6) is 0 Å². The number of carbonyl (C=O) groups is 1. The van der Waals surface area contributed by atoms with Crippen LogP contribution in [0.4, 0.5) is 0 Å². The standard InChI is InChI=1S/C9H14N2O2S/c1-4-13-9(12)8-11-10-7(14-8)5-6(2)3/h6H,4-5H2,1-3H3. The molecule has 0 radical (unpaired) electrons. The van der Waals surface area contributed by atoms with Crippen molar-refractivity contribution in [1.82, 2.24) is 10.2 Å². The van der Waals surface area contributed by atoms with E-state index in [-0.39, 0.29) is 5.97 Å². The highest BCUT2D eigenvalue weighted by Crippen LogP contribution is 2.14. The van der Waals surface area contributed by atoms with E-state index in [2.05, 4.69) is 24.0 Å². The zero-order valence-corrected chi connectivity index (χ0v) is 9.43. The predicted molar refractivity (Wildman–Crippen MR) is 54.4 cm³/mol. The molecule has 4 nitrogen and oxygen atoms in total. The van der Waals surface area contributed by atoms with Crippen LogP contribution in [-0.2, 0) is 11.2 Å². The second-order valence-electron chi connectivity index (χ2n) is 3.32. The van der Waals surface area contributed by atoms with Crippen molar-refractivity contribution >= 4 is 17.3 Å². The largest absolute Gasteiger partial charge is 0.461 e. The minimum atomic E-state index is -0.375. The summed E-state index contributed by atoms with van der Waals surface area (Å²) in [6.07, 6.45) is 0.858. The number of nitrogens with zero attached hydrogens (tertiary/aromatic N) is 2. The maximum absolute atomic E-state index is 11.2. The van der Waals surface area contributed by atoms with E-state index in [9.17, 15) is 4.79 Å². The van der Waals surface area contributed by atoms with E-state index >= 15 is 0 Å². The van der Waals surface area contributed by atoms with Gasteiger partial charge < -0.3 is 4.74 Å². The summed E-state index contributed by atoms with van der Waals surface area (Å²) in [7, 11) is 0. The third-order valence-electron chi connectivity index (χ3n) is 1.50. The molecule has 5 heteroatoms. The molecule has 0 atom stereocenters. The van der Waals surface area contributed by atoms with Crippen LogP contribution >= 0.6 is 11.3 Å². The Labute approximate surface area is 87.3 Å². The van der Waals surface area contributed by atoms with Crippen LogP contribution in [0.1, 0.15) is 35.6 Å². The third-order valence-corrected chi connectivity index (χ3v) is 2.43. The predicted octanol–water partition coefficient (Wildman–Crippen LogP) is 1.91. The van der Waals surface area contributed by atoms with Gasteiger partial charge in [0.1, 0.15) is 5.01 Å². The van der Waals surface area contributed by atoms with Gasteiger partial charge in [-0.05, 0) is 12.8 Å². The number of hydrogen-bond donors (Lipinski definition) is 0. The molecule has 78 valence electrons. The molecule has 0 aliphatic rings. The zero-order valence-electron chi connectivity index (χ0n) is 8.61. The van der Waals surface area contributed by atoms with E-state index in [4.69, 9.17) is 4.74 Å². The Kier molecular flexibility index (Phi) is 4.00. The summed E-state index contributed by atoms with van der Waals surface area (Å²) in [4.78, 5) is 11.2. The lowest BCUT2D eigenvalue weighted by Crippen LogP contribution is -2.03. The first kappa shape index (κ1) is 11.1. The summed E-state index contributed by atoms with van der Waals surface area (Å²) >= 11 is 1.31. The Bertz CT molecular complexity index is 310. The lowest BCUT2D eigenvalue weighted by Gasteiger charge is -1.97. The second kappa shape index (κ2) is 5.05. The Morgan fingerprint density at radius 1 is 1.50 bits per heavy atom. The maximum Gasteiger partial charge on any atom is 0.369 e. The Balaban J connectivity index is 2.63. The van der Waals surface area contributed by atoms with Crippen LogP contribution in [0, 0.1) is 5.92 Å². The fourth-order valence-electron chi connectivity index (χ4n) is 0.961. The van der Waals surface area contributed by atoms with Gasteiger partial charge in [-0.25, -0.2) is 4.79 Å². The molecule has 0 saturated carbocycles. The van der Waals surface area contributed by atoms with Gasteiger partial charge in [-0.1, -0.05) is 25.2 Å². The molecule has 0 bridgehead atoms. The number of ether oxygens (including phenoxy) is 1. The van der Waals surface area contributed by atoms with Gasteiger partial charge in [0.15, 0.2) is 0 Å². The topological polar surface area (TPSA) is 52.1 Å². The van der Waals surface area contributed by atoms with E-state index in [0.717, 1.165) is 11.4 Å². The molecule has 14 heavy (non-hydrogen) atoms. The van der Waals surface area contributed by atoms with Crippen molar-refractivity contribution in [2.45, 2.75) is 27.2 Å². The van der Waals surface area contributed by atoms with Crippen molar-refractivity contribution in [3.05, 3.63) is 10.0 Å². The third kappa shape index (κ3) is 3.06. The maximum atomic E-state index is 11.2. The average Bonchev–Trinajstić information content (AvgIpc) is 2.52. The molecule has 1 heterocycles. The molecule has 0 aliphatic heterocycles. The van der Waals surface area contributed by atoms with E-state index < -0.39 is 0 Å². The molecule has 0 N–H and O–H groups in total. The quantitative estimate of drug-likeness (QED) is 0.718. The first-order chi connectivity index (χ1) is 6.63. The van der Waals surface area contributed by atoms with Gasteiger partial charge in [-0.2, -0.15) is 0 Å². The normalized spacial score (nSPS) is 10.6. The average molecular weight is 214 g/mol. The highest BCUT2D eigenvalue weighted by molar-refractivity contribution is 7.13. The molecule has 0 spiro atoms. The number of carbonyl (C=O) groups excluding carboxylic acids is 1. The minimum Gasteiger partial charge on any atom is -0.461 e. The van der Waals surface area contributed by atoms with Crippen LogP contribution in [0.15, 0.2) is 0 Å². The molecule has 0 aromatic carbocycles. The Morgan fingerprint density at radius 3 is 2.79 bits per heavy atom. The van der Waals surface area contributed by atoms with Gasteiger partial charge in [-0.3, -0.25) is 0 Å². The molecule has 1 rings (SSSR count). The number of aromatic nitrogens is 2. The van der Waals surface area contributed by atoms with E-state index in [0.29, 0.717) is 17.5 Å². The molecule has 0 fully saturated rings. The SMILES string of the molecule is CCOC(=O)c1nnc(CC(C)C)s1. The van der Waals surface area contributed by atoms with Crippen molar-refractivity contribution in [3.63, 3.8) is 0 Å². The molecule has 0 saturated heterocycles. The molecule has 0 unspecified atom stereocenters. The Morgan fingerprint density at radius 2 is 2.21 bits per heavy atom. The van der Waals surface area contributed by atoms with Crippen LogP contribution in [0.25, 0.3) is 0 Å². The van der Waals surface area contributed by atoms with Gasteiger partial charge in [0, 0.05) is 6.42 Å². The summed E-state index contributed by atoms with van der Waals surface area (Å²) in [6, 6.07) is 0. The van der Waals surface area contributed by atoms with Gasteiger partial charge in [0.25, 0.3) is 0 Å². The minimum absolute atomic E-state index is 0.350. The molecule has 0 aliphatic carbocycles. The number of hydrogen-bond acceptors (Lipinski definition) is 5. The molecular formula is C9H14N2O2S. The highest BCUT2D eigenvalue weighted by Gasteiger charge is 2.13. The van der Waals surface area contributed by atoms with E-state index in [1.54, 1.807) is 6.92 Å². The number of esters is 1. The van der Waals surface area contributed by atoms with Crippen LogP contribution in [-0.4, -0.2) is 22.8 Å². The van der Waals surface area contributed by atoms with E-state index in [1.165, 1.54) is 11.3 Å².